The molecule has 2 aliphatic rings. The summed E-state index contributed by atoms with van der Waals surface area (Å²) in [5.41, 5.74) is 0.955. The molecule has 0 spiro atoms. The largest absolute Gasteiger partial charge is 0.481 e. The monoisotopic (exact) mass is 355 g/mol. The van der Waals surface area contributed by atoms with Crippen molar-refractivity contribution in [2.75, 3.05) is 6.54 Å². The van der Waals surface area contributed by atoms with Crippen LogP contribution in [-0.4, -0.2) is 34.5 Å². The second-order valence-corrected chi connectivity index (χ2v) is 7.42. The van der Waals surface area contributed by atoms with Crippen molar-refractivity contribution in [3.8, 4) is 0 Å². The minimum absolute atomic E-state index is 0.0663. The molecule has 3 unspecified atom stereocenters. The van der Waals surface area contributed by atoms with Crippen LogP contribution in [0, 0.1) is 11.8 Å². The average molecular weight is 356 g/mol. The van der Waals surface area contributed by atoms with E-state index in [-0.39, 0.29) is 30.3 Å². The molecule has 1 N–H and O–H groups in total. The zero-order valence-corrected chi connectivity index (χ0v) is 14.3. The lowest BCUT2D eigenvalue weighted by atomic mass is 10.1. The van der Waals surface area contributed by atoms with Crippen molar-refractivity contribution in [2.24, 2.45) is 11.8 Å². The van der Waals surface area contributed by atoms with Gasteiger partial charge in [-0.15, -0.1) is 0 Å². The molecule has 124 valence electrons. The van der Waals surface area contributed by atoms with Crippen LogP contribution in [0.4, 0.5) is 0 Å². The van der Waals surface area contributed by atoms with Gasteiger partial charge in [-0.1, -0.05) is 36.2 Å². The summed E-state index contributed by atoms with van der Waals surface area (Å²) in [6.07, 6.45) is 2.71. The van der Waals surface area contributed by atoms with E-state index in [1.165, 1.54) is 0 Å². The number of carboxylic acid groups (broad SMARTS) is 1. The number of carbonyl (C=O) groups is 2. The number of nitrogens with zero attached hydrogens (tertiary/aromatic N) is 1. The van der Waals surface area contributed by atoms with Crippen LogP contribution in [0.25, 0.3) is 0 Å². The van der Waals surface area contributed by atoms with Gasteiger partial charge in [0.15, 0.2) is 0 Å². The molecule has 1 amide bonds. The van der Waals surface area contributed by atoms with E-state index in [4.69, 9.17) is 28.3 Å². The lowest BCUT2D eigenvalue weighted by Gasteiger charge is -2.24. The number of halogens is 2. The molecular formula is C17H19Cl2NO3. The zero-order valence-electron chi connectivity index (χ0n) is 12.8. The molecule has 23 heavy (non-hydrogen) atoms. The van der Waals surface area contributed by atoms with E-state index < -0.39 is 11.9 Å². The van der Waals surface area contributed by atoms with Gasteiger partial charge in [0.05, 0.1) is 5.92 Å². The molecule has 0 saturated heterocycles. The van der Waals surface area contributed by atoms with Crippen molar-refractivity contribution in [1.82, 2.24) is 4.90 Å². The Labute approximate surface area is 145 Å². The van der Waals surface area contributed by atoms with E-state index in [9.17, 15) is 9.59 Å². The maximum absolute atomic E-state index is 12.8. The zero-order chi connectivity index (χ0) is 16.7. The summed E-state index contributed by atoms with van der Waals surface area (Å²) in [7, 11) is 0. The Morgan fingerprint density at radius 2 is 2.04 bits per heavy atom. The molecular weight excluding hydrogens is 337 g/mol. The third kappa shape index (κ3) is 3.64. The Bertz CT molecular complexity index is 645. The number of rotatable bonds is 6. The van der Waals surface area contributed by atoms with Crippen LogP contribution in [0.2, 0.25) is 10.0 Å². The van der Waals surface area contributed by atoms with Gasteiger partial charge in [0.25, 0.3) is 0 Å². The van der Waals surface area contributed by atoms with Gasteiger partial charge in [0, 0.05) is 28.5 Å². The maximum atomic E-state index is 12.8. The molecule has 4 nitrogen and oxygen atoms in total. The standard InChI is InChI=1S/C17H19Cl2NO3/c1-9(17(22)23)8-20(11-3-4-11)16(21)14-7-13(14)12-5-2-10(18)6-15(12)19/h2,5-6,9,11,13-14H,3-4,7-8H2,1H3,(H,22,23). The summed E-state index contributed by atoms with van der Waals surface area (Å²) in [6, 6.07) is 5.58. The van der Waals surface area contributed by atoms with E-state index in [1.807, 2.05) is 6.07 Å². The normalized spacial score (nSPS) is 24.1. The molecule has 2 saturated carbocycles. The molecule has 1 aromatic rings. The van der Waals surface area contributed by atoms with E-state index in [0.717, 1.165) is 24.8 Å². The van der Waals surface area contributed by atoms with E-state index in [1.54, 1.807) is 24.0 Å². The Kier molecular flexibility index (Phi) is 4.56. The number of aliphatic carboxylic acids is 1. The molecule has 0 radical (unpaired) electrons. The molecule has 3 rings (SSSR count). The van der Waals surface area contributed by atoms with Crippen LogP contribution in [0.5, 0.6) is 0 Å². The summed E-state index contributed by atoms with van der Waals surface area (Å²) >= 11 is 12.1. The Balaban J connectivity index is 1.69. The number of hydrogen-bond donors (Lipinski definition) is 1. The van der Waals surface area contributed by atoms with Crippen LogP contribution < -0.4 is 0 Å². The summed E-state index contributed by atoms with van der Waals surface area (Å²) in [6.45, 7) is 1.93. The highest BCUT2D eigenvalue weighted by atomic mass is 35.5. The fraction of sp³-hybridized carbons (Fsp3) is 0.529. The molecule has 1 aromatic carbocycles. The first-order chi connectivity index (χ1) is 10.9. The molecule has 2 aliphatic carbocycles. The topological polar surface area (TPSA) is 57.6 Å². The number of amides is 1. The fourth-order valence-corrected chi connectivity index (χ4v) is 3.55. The third-order valence-electron chi connectivity index (χ3n) is 4.63. The van der Waals surface area contributed by atoms with Gasteiger partial charge in [-0.25, -0.2) is 0 Å². The van der Waals surface area contributed by atoms with Crippen molar-refractivity contribution in [3.05, 3.63) is 33.8 Å². The highest BCUT2D eigenvalue weighted by Gasteiger charge is 2.49. The highest BCUT2D eigenvalue weighted by molar-refractivity contribution is 6.35. The maximum Gasteiger partial charge on any atom is 0.308 e. The van der Waals surface area contributed by atoms with Crippen LogP contribution in [0.15, 0.2) is 18.2 Å². The number of carboxylic acids is 1. The second kappa shape index (κ2) is 6.33. The van der Waals surface area contributed by atoms with Crippen molar-refractivity contribution < 1.29 is 14.7 Å². The van der Waals surface area contributed by atoms with Crippen molar-refractivity contribution in [1.29, 1.82) is 0 Å². The van der Waals surface area contributed by atoms with Crippen molar-refractivity contribution in [3.63, 3.8) is 0 Å². The van der Waals surface area contributed by atoms with E-state index in [0.29, 0.717) is 10.0 Å². The summed E-state index contributed by atoms with van der Waals surface area (Å²) in [5, 5.41) is 10.3. The van der Waals surface area contributed by atoms with E-state index >= 15 is 0 Å². The van der Waals surface area contributed by atoms with Crippen LogP contribution >= 0.6 is 23.2 Å². The second-order valence-electron chi connectivity index (χ2n) is 6.58. The molecule has 0 bridgehead atoms. The number of carbonyl (C=O) groups excluding carboxylic acids is 1. The summed E-state index contributed by atoms with van der Waals surface area (Å²) < 4.78 is 0. The Morgan fingerprint density at radius 1 is 1.35 bits per heavy atom. The first kappa shape index (κ1) is 16.6. The lowest BCUT2D eigenvalue weighted by molar-refractivity contribution is -0.143. The van der Waals surface area contributed by atoms with Gasteiger partial charge in [0.1, 0.15) is 0 Å². The van der Waals surface area contributed by atoms with Crippen LogP contribution in [-0.2, 0) is 9.59 Å². The highest BCUT2D eigenvalue weighted by Crippen LogP contribution is 2.51. The van der Waals surface area contributed by atoms with Crippen LogP contribution in [0.3, 0.4) is 0 Å². The Hall–Kier alpha value is -1.26. The number of benzene rings is 1. The predicted octanol–water partition coefficient (Wildman–Crippen LogP) is 3.81. The molecule has 3 atom stereocenters. The molecule has 0 aliphatic heterocycles. The van der Waals surface area contributed by atoms with E-state index in [2.05, 4.69) is 0 Å². The smallest absolute Gasteiger partial charge is 0.308 e. The van der Waals surface area contributed by atoms with Crippen LogP contribution in [0.1, 0.15) is 37.7 Å². The molecule has 0 heterocycles. The third-order valence-corrected chi connectivity index (χ3v) is 5.19. The molecule has 2 fully saturated rings. The van der Waals surface area contributed by atoms with Gasteiger partial charge in [-0.05, 0) is 42.9 Å². The predicted molar refractivity (Wildman–Crippen MR) is 88.8 cm³/mol. The first-order valence-electron chi connectivity index (χ1n) is 7.86. The minimum atomic E-state index is -0.864. The van der Waals surface area contributed by atoms with Crippen molar-refractivity contribution in [2.45, 2.75) is 38.1 Å². The first-order valence-corrected chi connectivity index (χ1v) is 8.62. The molecule has 0 aromatic heterocycles. The summed E-state index contributed by atoms with van der Waals surface area (Å²) in [5.74, 6) is -1.31. The van der Waals surface area contributed by atoms with Gasteiger partial charge in [-0.3, -0.25) is 9.59 Å². The lowest BCUT2D eigenvalue weighted by Crippen LogP contribution is -2.39. The van der Waals surface area contributed by atoms with Gasteiger partial charge >= 0.3 is 5.97 Å². The SMILES string of the molecule is CC(CN(C(=O)C1CC1c1ccc(Cl)cc1Cl)C1CC1)C(=O)O. The van der Waals surface area contributed by atoms with Gasteiger partial charge < -0.3 is 10.0 Å². The minimum Gasteiger partial charge on any atom is -0.481 e. The number of hydrogen-bond acceptors (Lipinski definition) is 2. The summed E-state index contributed by atoms with van der Waals surface area (Å²) in [4.78, 5) is 25.6. The quantitative estimate of drug-likeness (QED) is 0.843. The van der Waals surface area contributed by atoms with Gasteiger partial charge in [0.2, 0.25) is 5.91 Å². The van der Waals surface area contributed by atoms with Gasteiger partial charge in [-0.2, -0.15) is 0 Å². The Morgan fingerprint density at radius 3 is 2.61 bits per heavy atom. The van der Waals surface area contributed by atoms with Crippen molar-refractivity contribution >= 4 is 35.1 Å². The fourth-order valence-electron chi connectivity index (χ4n) is 3.01. The average Bonchev–Trinajstić information content (AvgIpc) is 3.35. The molecule has 6 heteroatoms.